The Bertz CT molecular complexity index is 1070. The van der Waals surface area contributed by atoms with Crippen molar-refractivity contribution < 1.29 is 23.5 Å². The lowest BCUT2D eigenvalue weighted by atomic mass is 10.1. The van der Waals surface area contributed by atoms with E-state index in [2.05, 4.69) is 11.8 Å². The summed E-state index contributed by atoms with van der Waals surface area (Å²) in [5.74, 6) is 0.120. The van der Waals surface area contributed by atoms with Gasteiger partial charge in [0.2, 0.25) is 0 Å². The van der Waals surface area contributed by atoms with E-state index in [1.54, 1.807) is 36.4 Å². The van der Waals surface area contributed by atoms with Gasteiger partial charge in [0, 0.05) is 36.7 Å². The minimum Gasteiger partial charge on any atom is -0.483 e. The van der Waals surface area contributed by atoms with Crippen LogP contribution in [-0.4, -0.2) is 53.5 Å². The number of carbonyl (C=O) groups excluding carboxylic acids is 2. The average molecular weight is 473 g/mol. The second kappa shape index (κ2) is 9.93. The second-order valence-electron chi connectivity index (χ2n) is 8.48. The molecule has 1 fully saturated rings. The summed E-state index contributed by atoms with van der Waals surface area (Å²) in [6.45, 7) is 5.93. The largest absolute Gasteiger partial charge is 0.483 e. The van der Waals surface area contributed by atoms with Crippen LogP contribution in [0.15, 0.2) is 48.5 Å². The molecule has 33 heavy (non-hydrogen) atoms. The van der Waals surface area contributed by atoms with Crippen molar-refractivity contribution >= 4 is 29.2 Å². The van der Waals surface area contributed by atoms with Crippen LogP contribution in [0.2, 0.25) is 5.02 Å². The fraction of sp³-hybridized carbons (Fsp3) is 0.360. The summed E-state index contributed by atoms with van der Waals surface area (Å²) in [6, 6.07) is 11.7. The van der Waals surface area contributed by atoms with E-state index in [-0.39, 0.29) is 42.8 Å². The Kier molecular flexibility index (Phi) is 7.00. The molecule has 0 spiro atoms. The summed E-state index contributed by atoms with van der Waals surface area (Å²) in [5.41, 5.74) is 1.59. The summed E-state index contributed by atoms with van der Waals surface area (Å²) in [6.07, 6.45) is 1.87. The Morgan fingerprint density at radius 1 is 1.15 bits per heavy atom. The van der Waals surface area contributed by atoms with Gasteiger partial charge in [-0.25, -0.2) is 4.39 Å². The van der Waals surface area contributed by atoms with E-state index in [0.29, 0.717) is 41.7 Å². The molecule has 2 aliphatic rings. The van der Waals surface area contributed by atoms with Crippen molar-refractivity contribution in [3.63, 3.8) is 0 Å². The number of hydrogen-bond donors (Lipinski definition) is 0. The number of hydrogen-bond acceptors (Lipinski definition) is 5. The highest BCUT2D eigenvalue weighted by atomic mass is 35.5. The summed E-state index contributed by atoms with van der Waals surface area (Å²) in [5, 5.41) is 0.479. The van der Waals surface area contributed by atoms with Crippen molar-refractivity contribution in [3.8, 4) is 5.75 Å². The number of halogens is 2. The Balaban J connectivity index is 1.38. The predicted octanol–water partition coefficient (Wildman–Crippen LogP) is 4.27. The van der Waals surface area contributed by atoms with E-state index in [9.17, 15) is 14.0 Å². The smallest absolute Gasteiger partial charge is 0.315 e. The number of nitrogens with zero attached hydrogens (tertiary/aromatic N) is 2. The predicted molar refractivity (Wildman–Crippen MR) is 123 cm³/mol. The first-order valence-corrected chi connectivity index (χ1v) is 11.3. The molecule has 6 nitrogen and oxygen atoms in total. The van der Waals surface area contributed by atoms with Crippen LogP contribution >= 0.6 is 11.6 Å². The second-order valence-corrected chi connectivity index (χ2v) is 8.91. The van der Waals surface area contributed by atoms with E-state index in [4.69, 9.17) is 21.1 Å². The van der Waals surface area contributed by atoms with Gasteiger partial charge in [-0.05, 0) is 55.8 Å². The number of amides is 1. The van der Waals surface area contributed by atoms with Crippen molar-refractivity contribution in [2.75, 3.05) is 19.7 Å². The fourth-order valence-electron chi connectivity index (χ4n) is 4.18. The quantitative estimate of drug-likeness (QED) is 0.588. The third-order valence-electron chi connectivity index (χ3n) is 5.97. The van der Waals surface area contributed by atoms with Crippen LogP contribution in [0.3, 0.4) is 0 Å². The summed E-state index contributed by atoms with van der Waals surface area (Å²) >= 11 is 6.11. The zero-order valence-electron chi connectivity index (χ0n) is 18.6. The van der Waals surface area contributed by atoms with Gasteiger partial charge in [-0.2, -0.15) is 0 Å². The van der Waals surface area contributed by atoms with Crippen molar-refractivity contribution in [1.82, 2.24) is 9.80 Å². The van der Waals surface area contributed by atoms with Crippen LogP contribution in [0.1, 0.15) is 31.4 Å². The lowest BCUT2D eigenvalue weighted by molar-refractivity contribution is -0.139. The molecule has 174 valence electrons. The summed E-state index contributed by atoms with van der Waals surface area (Å²) in [7, 11) is 0. The van der Waals surface area contributed by atoms with Gasteiger partial charge in [0.15, 0.2) is 6.61 Å². The number of ether oxygens (including phenoxy) is 2. The molecule has 4 rings (SSSR count). The van der Waals surface area contributed by atoms with E-state index in [1.807, 2.05) is 11.8 Å². The summed E-state index contributed by atoms with van der Waals surface area (Å²) < 4.78 is 24.3. The van der Waals surface area contributed by atoms with Crippen LogP contribution in [0.25, 0.3) is 5.76 Å². The molecule has 0 N–H and O–H groups in total. The first-order valence-electron chi connectivity index (χ1n) is 10.9. The molecule has 2 unspecified atom stereocenters. The zero-order chi connectivity index (χ0) is 23.5. The van der Waals surface area contributed by atoms with Gasteiger partial charge in [0.05, 0.1) is 12.0 Å². The Labute approximate surface area is 197 Å². The average Bonchev–Trinajstić information content (AvgIpc) is 3.22. The first-order chi connectivity index (χ1) is 15.8. The molecule has 2 aromatic carbocycles. The molecule has 0 bridgehead atoms. The van der Waals surface area contributed by atoms with Crippen LogP contribution in [0.5, 0.6) is 5.75 Å². The number of esters is 1. The van der Waals surface area contributed by atoms with Crippen LogP contribution in [-0.2, 0) is 20.9 Å². The molecule has 1 saturated heterocycles. The van der Waals surface area contributed by atoms with Gasteiger partial charge < -0.3 is 14.4 Å². The maximum atomic E-state index is 13.2. The number of cyclic esters (lactones) is 1. The van der Waals surface area contributed by atoms with Gasteiger partial charge in [0.1, 0.15) is 17.3 Å². The minimum atomic E-state index is -0.340. The third kappa shape index (κ3) is 5.54. The van der Waals surface area contributed by atoms with Crippen LogP contribution in [0, 0.1) is 5.82 Å². The maximum absolute atomic E-state index is 13.2. The van der Waals surface area contributed by atoms with Crippen LogP contribution in [0.4, 0.5) is 4.39 Å². The van der Waals surface area contributed by atoms with E-state index in [1.165, 1.54) is 12.1 Å². The molecule has 2 heterocycles. The molecule has 0 saturated carbocycles. The van der Waals surface area contributed by atoms with Crippen molar-refractivity contribution in [2.24, 2.45) is 0 Å². The maximum Gasteiger partial charge on any atom is 0.315 e. The Morgan fingerprint density at radius 2 is 1.91 bits per heavy atom. The van der Waals surface area contributed by atoms with Gasteiger partial charge in [-0.15, -0.1) is 0 Å². The molecule has 8 heteroatoms. The SMILES string of the molecule is CC1CN(C(=O)COc2ccc(Cl)cc2C2=CCC(=O)O2)C(C)CN1Cc1ccc(F)cc1. The zero-order valence-corrected chi connectivity index (χ0v) is 19.3. The fourth-order valence-corrected chi connectivity index (χ4v) is 4.35. The Morgan fingerprint density at radius 3 is 2.61 bits per heavy atom. The molecular formula is C25H26ClFN2O4. The van der Waals surface area contributed by atoms with Gasteiger partial charge in [-0.1, -0.05) is 23.7 Å². The van der Waals surface area contributed by atoms with Crippen molar-refractivity contribution in [2.45, 2.75) is 38.9 Å². The van der Waals surface area contributed by atoms with Crippen molar-refractivity contribution in [1.29, 1.82) is 0 Å². The number of benzene rings is 2. The minimum absolute atomic E-state index is 0.000863. The molecule has 0 aliphatic carbocycles. The van der Waals surface area contributed by atoms with Gasteiger partial charge in [-0.3, -0.25) is 14.5 Å². The van der Waals surface area contributed by atoms with Crippen LogP contribution < -0.4 is 4.74 Å². The molecule has 0 aromatic heterocycles. The highest BCUT2D eigenvalue weighted by Crippen LogP contribution is 2.33. The van der Waals surface area contributed by atoms with E-state index < -0.39 is 0 Å². The lowest BCUT2D eigenvalue weighted by Gasteiger charge is -2.44. The normalized spacial score (nSPS) is 21.0. The number of carbonyl (C=O) groups is 2. The van der Waals surface area contributed by atoms with E-state index in [0.717, 1.165) is 5.56 Å². The monoisotopic (exact) mass is 472 g/mol. The first kappa shape index (κ1) is 23.3. The number of piperazine rings is 1. The van der Waals surface area contributed by atoms with Crippen molar-refractivity contribution in [3.05, 3.63) is 70.5 Å². The molecule has 2 aliphatic heterocycles. The standard InChI is InChI=1S/C25H26ClFN2O4/c1-16-13-29(17(2)12-28(16)14-18-3-6-20(27)7-4-18)24(30)15-32-22-8-5-19(26)11-21(22)23-9-10-25(31)33-23/h3-9,11,16-17H,10,12-15H2,1-2H3. The van der Waals surface area contributed by atoms with Gasteiger partial charge in [0.25, 0.3) is 5.91 Å². The molecular weight excluding hydrogens is 447 g/mol. The number of rotatable bonds is 6. The molecule has 0 radical (unpaired) electrons. The third-order valence-corrected chi connectivity index (χ3v) is 6.21. The topological polar surface area (TPSA) is 59.1 Å². The molecule has 1 amide bonds. The summed E-state index contributed by atoms with van der Waals surface area (Å²) in [4.78, 5) is 28.6. The van der Waals surface area contributed by atoms with E-state index >= 15 is 0 Å². The molecule has 2 atom stereocenters. The van der Waals surface area contributed by atoms with Gasteiger partial charge >= 0.3 is 5.97 Å². The highest BCUT2D eigenvalue weighted by molar-refractivity contribution is 6.30. The lowest BCUT2D eigenvalue weighted by Crippen LogP contribution is -2.58. The molecule has 2 aromatic rings. The Hall–Kier alpha value is -2.90. The highest BCUT2D eigenvalue weighted by Gasteiger charge is 2.32.